The number of carbonyl (C=O) groups excluding carboxylic acids is 1. The van der Waals surface area contributed by atoms with Gasteiger partial charge in [-0.2, -0.15) is 0 Å². The van der Waals surface area contributed by atoms with Gasteiger partial charge in [-0.1, -0.05) is 15.9 Å². The minimum atomic E-state index is 0.172. The summed E-state index contributed by atoms with van der Waals surface area (Å²) in [6.45, 7) is 2.05. The molecule has 2 aromatic rings. The second-order valence-corrected chi connectivity index (χ2v) is 4.26. The third kappa shape index (κ3) is 1.73. The number of hydrogen-bond acceptors (Lipinski definition) is 1. The zero-order valence-corrected chi connectivity index (χ0v) is 9.41. The first-order valence-electron chi connectivity index (χ1n) is 4.40. The van der Waals surface area contributed by atoms with E-state index in [1.54, 1.807) is 6.92 Å². The Kier molecular flexibility index (Phi) is 2.42. The van der Waals surface area contributed by atoms with Crippen LogP contribution in [0, 0.1) is 0 Å². The highest BCUT2D eigenvalue weighted by Gasteiger charge is 2.02. The fourth-order valence-electron chi connectivity index (χ4n) is 1.55. The third-order valence-corrected chi connectivity index (χ3v) is 2.62. The van der Waals surface area contributed by atoms with E-state index in [9.17, 15) is 4.79 Å². The number of nitrogens with zero attached hydrogens (tertiary/aromatic N) is 1. The molecule has 0 aliphatic heterocycles. The van der Waals surface area contributed by atoms with Crippen molar-refractivity contribution in [1.29, 1.82) is 0 Å². The van der Waals surface area contributed by atoms with E-state index in [2.05, 4.69) is 15.9 Å². The Bertz CT molecular complexity index is 487. The van der Waals surface area contributed by atoms with E-state index in [0.717, 1.165) is 15.4 Å². The van der Waals surface area contributed by atoms with Gasteiger partial charge in [-0.3, -0.25) is 4.79 Å². The van der Waals surface area contributed by atoms with Crippen LogP contribution in [0.1, 0.15) is 6.92 Å². The average molecular weight is 252 g/mol. The van der Waals surface area contributed by atoms with Crippen LogP contribution < -0.4 is 0 Å². The zero-order valence-electron chi connectivity index (χ0n) is 7.83. The molecule has 2 rings (SSSR count). The van der Waals surface area contributed by atoms with Crippen molar-refractivity contribution in [1.82, 2.24) is 4.57 Å². The molecule has 0 aliphatic carbocycles. The van der Waals surface area contributed by atoms with Crippen LogP contribution in [0.4, 0.5) is 0 Å². The summed E-state index contributed by atoms with van der Waals surface area (Å²) in [6, 6.07) is 8.07. The highest BCUT2D eigenvalue weighted by atomic mass is 79.9. The van der Waals surface area contributed by atoms with Crippen LogP contribution >= 0.6 is 15.9 Å². The normalized spacial score (nSPS) is 10.7. The first-order valence-corrected chi connectivity index (χ1v) is 5.20. The van der Waals surface area contributed by atoms with Gasteiger partial charge in [0.2, 0.25) is 0 Å². The summed E-state index contributed by atoms with van der Waals surface area (Å²) >= 11 is 3.42. The summed E-state index contributed by atoms with van der Waals surface area (Å²) in [5.74, 6) is 0.172. The molecule has 0 atom stereocenters. The molecule has 0 saturated heterocycles. The minimum Gasteiger partial charge on any atom is -0.340 e. The van der Waals surface area contributed by atoms with E-state index < -0.39 is 0 Å². The number of benzene rings is 1. The molecule has 1 aromatic heterocycles. The van der Waals surface area contributed by atoms with Gasteiger partial charge in [-0.15, -0.1) is 0 Å². The predicted molar refractivity (Wildman–Crippen MR) is 60.3 cm³/mol. The summed E-state index contributed by atoms with van der Waals surface area (Å²) in [7, 11) is 0. The maximum atomic E-state index is 11.0. The van der Waals surface area contributed by atoms with Gasteiger partial charge in [0.05, 0.1) is 6.54 Å². The van der Waals surface area contributed by atoms with Gasteiger partial charge in [0.15, 0.2) is 0 Å². The largest absolute Gasteiger partial charge is 0.340 e. The molecule has 0 saturated carbocycles. The number of Topliss-reactive ketones (excluding diaryl/α,β-unsaturated/α-hetero) is 1. The minimum absolute atomic E-state index is 0.172. The van der Waals surface area contributed by atoms with Crippen LogP contribution in [-0.2, 0) is 11.3 Å². The van der Waals surface area contributed by atoms with Crippen molar-refractivity contribution in [2.75, 3.05) is 0 Å². The van der Waals surface area contributed by atoms with E-state index in [-0.39, 0.29) is 5.78 Å². The summed E-state index contributed by atoms with van der Waals surface area (Å²) in [4.78, 5) is 11.0. The van der Waals surface area contributed by atoms with Crippen molar-refractivity contribution in [2.45, 2.75) is 13.5 Å². The van der Waals surface area contributed by atoms with Gasteiger partial charge in [-0.05, 0) is 31.2 Å². The molecule has 0 bridgehead atoms. The van der Waals surface area contributed by atoms with Crippen LogP contribution in [0.5, 0.6) is 0 Å². The van der Waals surface area contributed by atoms with E-state index in [1.807, 2.05) is 35.0 Å². The summed E-state index contributed by atoms with van der Waals surface area (Å²) < 4.78 is 3.02. The lowest BCUT2D eigenvalue weighted by atomic mass is 10.2. The molecule has 0 fully saturated rings. The second kappa shape index (κ2) is 3.58. The Morgan fingerprint density at radius 2 is 2.21 bits per heavy atom. The average Bonchev–Trinajstić information content (AvgIpc) is 2.47. The molecule has 3 heteroatoms. The molecule has 14 heavy (non-hydrogen) atoms. The van der Waals surface area contributed by atoms with Crippen molar-refractivity contribution in [3.63, 3.8) is 0 Å². The van der Waals surface area contributed by atoms with E-state index in [1.165, 1.54) is 0 Å². The summed E-state index contributed by atoms with van der Waals surface area (Å²) in [6.07, 6.45) is 1.94. The summed E-state index contributed by atoms with van der Waals surface area (Å²) in [5.41, 5.74) is 1.10. The number of rotatable bonds is 2. The van der Waals surface area contributed by atoms with Gasteiger partial charge < -0.3 is 4.57 Å². The molecular formula is C11H10BrNO. The van der Waals surface area contributed by atoms with Crippen LogP contribution in [-0.4, -0.2) is 10.4 Å². The molecule has 0 radical (unpaired) electrons. The first kappa shape index (κ1) is 9.46. The fourth-order valence-corrected chi connectivity index (χ4v) is 1.93. The Morgan fingerprint density at radius 3 is 2.93 bits per heavy atom. The number of fused-ring (bicyclic) bond motifs is 1. The third-order valence-electron chi connectivity index (χ3n) is 2.13. The molecule has 1 aromatic carbocycles. The maximum Gasteiger partial charge on any atom is 0.149 e. The fraction of sp³-hybridized carbons (Fsp3) is 0.182. The van der Waals surface area contributed by atoms with Gasteiger partial charge >= 0.3 is 0 Å². The lowest BCUT2D eigenvalue weighted by molar-refractivity contribution is -0.117. The van der Waals surface area contributed by atoms with Crippen molar-refractivity contribution in [3.05, 3.63) is 34.9 Å². The molecule has 0 amide bonds. The molecule has 2 nitrogen and oxygen atoms in total. The van der Waals surface area contributed by atoms with Gasteiger partial charge in [-0.25, -0.2) is 0 Å². The number of aromatic nitrogens is 1. The van der Waals surface area contributed by atoms with Gasteiger partial charge in [0, 0.05) is 21.6 Å². The van der Waals surface area contributed by atoms with E-state index in [4.69, 9.17) is 0 Å². The first-order chi connectivity index (χ1) is 6.66. The monoisotopic (exact) mass is 251 g/mol. The lowest BCUT2D eigenvalue weighted by Crippen LogP contribution is -2.04. The van der Waals surface area contributed by atoms with E-state index >= 15 is 0 Å². The Hall–Kier alpha value is -1.09. The zero-order chi connectivity index (χ0) is 10.1. The number of hydrogen-bond donors (Lipinski definition) is 0. The topological polar surface area (TPSA) is 22.0 Å². The van der Waals surface area contributed by atoms with E-state index in [0.29, 0.717) is 6.54 Å². The van der Waals surface area contributed by atoms with Crippen molar-refractivity contribution in [3.8, 4) is 0 Å². The van der Waals surface area contributed by atoms with Crippen LogP contribution in [0.2, 0.25) is 0 Å². The molecule has 0 spiro atoms. The molecule has 0 unspecified atom stereocenters. The maximum absolute atomic E-state index is 11.0. The van der Waals surface area contributed by atoms with Crippen LogP contribution in [0.15, 0.2) is 34.9 Å². The van der Waals surface area contributed by atoms with Gasteiger partial charge in [0.1, 0.15) is 5.78 Å². The number of halogens is 1. The number of ketones is 1. The quantitative estimate of drug-likeness (QED) is 0.805. The van der Waals surface area contributed by atoms with Crippen molar-refractivity contribution in [2.24, 2.45) is 0 Å². The molecule has 0 N–H and O–H groups in total. The lowest BCUT2D eigenvalue weighted by Gasteiger charge is -2.01. The standard InChI is InChI=1S/C11H10BrNO/c1-8(14)7-13-5-4-9-6-10(12)2-3-11(9)13/h2-6H,7H2,1H3. The smallest absolute Gasteiger partial charge is 0.149 e. The molecule has 0 aliphatic rings. The highest BCUT2D eigenvalue weighted by molar-refractivity contribution is 9.10. The highest BCUT2D eigenvalue weighted by Crippen LogP contribution is 2.20. The Morgan fingerprint density at radius 1 is 1.43 bits per heavy atom. The van der Waals surface area contributed by atoms with Crippen LogP contribution in [0.25, 0.3) is 10.9 Å². The van der Waals surface area contributed by atoms with Crippen LogP contribution in [0.3, 0.4) is 0 Å². The predicted octanol–water partition coefficient (Wildman–Crippen LogP) is 2.99. The number of carbonyl (C=O) groups is 1. The van der Waals surface area contributed by atoms with Crippen molar-refractivity contribution >= 4 is 32.6 Å². The summed E-state index contributed by atoms with van der Waals surface area (Å²) in [5, 5.41) is 1.15. The molecule has 1 heterocycles. The Balaban J connectivity index is 2.52. The molecule has 72 valence electrons. The van der Waals surface area contributed by atoms with Gasteiger partial charge in [0.25, 0.3) is 0 Å². The SMILES string of the molecule is CC(=O)Cn1ccc2cc(Br)ccc21. The second-order valence-electron chi connectivity index (χ2n) is 3.35. The molecular weight excluding hydrogens is 242 g/mol. The Labute approximate surface area is 90.7 Å². The van der Waals surface area contributed by atoms with Crippen molar-refractivity contribution < 1.29 is 4.79 Å².